The molecular formula is C14H21Cl2N3O2S. The summed E-state index contributed by atoms with van der Waals surface area (Å²) in [5.41, 5.74) is 0.750. The normalized spacial score (nSPS) is 9.82. The lowest BCUT2D eigenvalue weighted by atomic mass is 10.3. The van der Waals surface area contributed by atoms with Crippen LogP contribution in [-0.2, 0) is 0 Å². The first-order valence-electron chi connectivity index (χ1n) is 6.47. The van der Waals surface area contributed by atoms with Gasteiger partial charge in [0.05, 0.1) is 5.69 Å². The molecule has 0 saturated carbocycles. The predicted molar refractivity (Wildman–Crippen MR) is 94.7 cm³/mol. The summed E-state index contributed by atoms with van der Waals surface area (Å²) in [5, 5.41) is 3.78. The van der Waals surface area contributed by atoms with Crippen molar-refractivity contribution in [3.8, 4) is 10.8 Å². The van der Waals surface area contributed by atoms with E-state index in [4.69, 9.17) is 4.42 Å². The van der Waals surface area contributed by atoms with Crippen molar-refractivity contribution in [1.29, 1.82) is 0 Å². The average molecular weight is 366 g/mol. The highest BCUT2D eigenvalue weighted by atomic mass is 35.5. The van der Waals surface area contributed by atoms with Crippen molar-refractivity contribution >= 4 is 42.1 Å². The number of halogens is 2. The molecule has 1 N–H and O–H groups in total. The number of carbonyl (C=O) groups is 1. The Labute approximate surface area is 146 Å². The molecule has 8 heteroatoms. The van der Waals surface area contributed by atoms with Crippen molar-refractivity contribution in [2.24, 2.45) is 0 Å². The highest BCUT2D eigenvalue weighted by molar-refractivity contribution is 7.17. The van der Waals surface area contributed by atoms with Crippen LogP contribution in [0.1, 0.15) is 21.1 Å². The van der Waals surface area contributed by atoms with Crippen LogP contribution in [0.2, 0.25) is 0 Å². The third-order valence-electron chi connectivity index (χ3n) is 2.99. The van der Waals surface area contributed by atoms with Gasteiger partial charge in [0.1, 0.15) is 10.6 Å². The number of hydrogen-bond donors (Lipinski definition) is 1. The van der Waals surface area contributed by atoms with Gasteiger partial charge in [0, 0.05) is 20.1 Å². The summed E-state index contributed by atoms with van der Waals surface area (Å²) in [5.74, 6) is 1.56. The summed E-state index contributed by atoms with van der Waals surface area (Å²) in [7, 11) is 3.67. The Bertz CT molecular complexity index is 613. The van der Waals surface area contributed by atoms with E-state index < -0.39 is 0 Å². The third-order valence-corrected chi connectivity index (χ3v) is 4.15. The first-order chi connectivity index (χ1) is 9.52. The van der Waals surface area contributed by atoms with E-state index in [0.29, 0.717) is 17.2 Å². The molecule has 0 spiro atoms. The summed E-state index contributed by atoms with van der Waals surface area (Å²) < 4.78 is 5.56. The molecular weight excluding hydrogens is 345 g/mol. The van der Waals surface area contributed by atoms with Gasteiger partial charge < -0.3 is 14.6 Å². The maximum Gasteiger partial charge on any atom is 0.265 e. The van der Waals surface area contributed by atoms with Gasteiger partial charge in [0.25, 0.3) is 5.91 Å². The van der Waals surface area contributed by atoms with E-state index in [1.807, 2.05) is 33.0 Å². The molecule has 0 radical (unpaired) electrons. The number of amides is 1. The summed E-state index contributed by atoms with van der Waals surface area (Å²) in [6.45, 7) is 5.18. The van der Waals surface area contributed by atoms with Crippen molar-refractivity contribution in [2.75, 3.05) is 27.2 Å². The molecule has 22 heavy (non-hydrogen) atoms. The van der Waals surface area contributed by atoms with Gasteiger partial charge in [0.15, 0.2) is 10.8 Å². The van der Waals surface area contributed by atoms with Gasteiger partial charge in [-0.2, -0.15) is 0 Å². The van der Waals surface area contributed by atoms with Crippen LogP contribution < -0.4 is 5.32 Å². The number of thiazole rings is 1. The van der Waals surface area contributed by atoms with Crippen LogP contribution in [0.25, 0.3) is 10.8 Å². The molecule has 2 rings (SSSR count). The second kappa shape index (κ2) is 9.15. The molecule has 0 saturated heterocycles. The van der Waals surface area contributed by atoms with Crippen LogP contribution in [-0.4, -0.2) is 43.0 Å². The third kappa shape index (κ3) is 4.71. The van der Waals surface area contributed by atoms with E-state index in [1.54, 1.807) is 11.9 Å². The fourth-order valence-corrected chi connectivity index (χ4v) is 2.83. The van der Waals surface area contributed by atoms with E-state index in [0.717, 1.165) is 23.0 Å². The lowest BCUT2D eigenvalue weighted by Crippen LogP contribution is -2.32. The summed E-state index contributed by atoms with van der Waals surface area (Å²) in [4.78, 5) is 19.2. The Balaban J connectivity index is 0.00000220. The van der Waals surface area contributed by atoms with Crippen molar-refractivity contribution in [1.82, 2.24) is 15.2 Å². The lowest BCUT2D eigenvalue weighted by molar-refractivity contribution is 0.0800. The van der Waals surface area contributed by atoms with E-state index in [9.17, 15) is 4.79 Å². The number of aryl methyl sites for hydroxylation is 2. The summed E-state index contributed by atoms with van der Waals surface area (Å²) in [6, 6.07) is 3.78. The summed E-state index contributed by atoms with van der Waals surface area (Å²) in [6.07, 6.45) is 0. The number of aromatic nitrogens is 1. The number of nitrogens with one attached hydrogen (secondary N) is 1. The quantitative estimate of drug-likeness (QED) is 0.883. The lowest BCUT2D eigenvalue weighted by Gasteiger charge is -2.15. The molecule has 1 amide bonds. The minimum atomic E-state index is 0. The second-order valence-corrected chi connectivity index (χ2v) is 5.67. The van der Waals surface area contributed by atoms with Gasteiger partial charge in [-0.05, 0) is 33.0 Å². The Morgan fingerprint density at radius 1 is 1.36 bits per heavy atom. The monoisotopic (exact) mass is 365 g/mol. The van der Waals surface area contributed by atoms with Crippen molar-refractivity contribution < 1.29 is 9.21 Å². The van der Waals surface area contributed by atoms with Crippen LogP contribution in [0, 0.1) is 13.8 Å². The minimum absolute atomic E-state index is 0. The number of likely N-dealkylation sites (N-methyl/N-ethyl adjacent to an activating group) is 2. The zero-order chi connectivity index (χ0) is 14.7. The van der Waals surface area contributed by atoms with E-state index >= 15 is 0 Å². The van der Waals surface area contributed by atoms with Crippen LogP contribution in [0.4, 0.5) is 0 Å². The predicted octanol–water partition coefficient (Wildman–Crippen LogP) is 3.15. The molecule has 0 aromatic carbocycles. The van der Waals surface area contributed by atoms with Crippen LogP contribution in [0.5, 0.6) is 0 Å². The molecule has 2 aromatic heterocycles. The second-order valence-electron chi connectivity index (χ2n) is 4.67. The number of hydrogen-bond acceptors (Lipinski definition) is 5. The minimum Gasteiger partial charge on any atom is -0.459 e. The standard InChI is InChI=1S/C14H19N3O2S.2ClH/c1-9-5-6-11(19-9)13-16-10(2)12(20-13)14(18)17(4)8-7-15-3;;/h5-6,15H,7-8H2,1-4H3;2*1H. The smallest absolute Gasteiger partial charge is 0.265 e. The van der Waals surface area contributed by atoms with Gasteiger partial charge in [-0.1, -0.05) is 0 Å². The van der Waals surface area contributed by atoms with E-state index in [2.05, 4.69) is 10.3 Å². The molecule has 124 valence electrons. The topological polar surface area (TPSA) is 58.4 Å². The molecule has 2 aromatic rings. The Morgan fingerprint density at radius 3 is 2.59 bits per heavy atom. The highest BCUT2D eigenvalue weighted by Gasteiger charge is 2.20. The highest BCUT2D eigenvalue weighted by Crippen LogP contribution is 2.29. The molecule has 0 atom stereocenters. The maximum atomic E-state index is 12.4. The molecule has 0 aliphatic rings. The van der Waals surface area contributed by atoms with Gasteiger partial charge in [-0.15, -0.1) is 36.2 Å². The average Bonchev–Trinajstić information content (AvgIpc) is 3.01. The van der Waals surface area contributed by atoms with E-state index in [-0.39, 0.29) is 30.7 Å². The van der Waals surface area contributed by atoms with Gasteiger partial charge in [0.2, 0.25) is 0 Å². The van der Waals surface area contributed by atoms with Crippen molar-refractivity contribution in [3.63, 3.8) is 0 Å². The van der Waals surface area contributed by atoms with Crippen LogP contribution in [0.3, 0.4) is 0 Å². The number of nitrogens with zero attached hydrogens (tertiary/aromatic N) is 2. The molecule has 0 bridgehead atoms. The Hall–Kier alpha value is -1.08. The largest absolute Gasteiger partial charge is 0.459 e. The molecule has 0 aliphatic heterocycles. The van der Waals surface area contributed by atoms with E-state index in [1.165, 1.54) is 11.3 Å². The van der Waals surface area contributed by atoms with Gasteiger partial charge in [-0.25, -0.2) is 4.98 Å². The fourth-order valence-electron chi connectivity index (χ4n) is 1.80. The maximum absolute atomic E-state index is 12.4. The zero-order valence-corrected chi connectivity index (χ0v) is 15.5. The molecule has 0 aliphatic carbocycles. The van der Waals surface area contributed by atoms with Crippen LogP contribution in [0.15, 0.2) is 16.5 Å². The molecule has 2 heterocycles. The Morgan fingerprint density at radius 2 is 2.05 bits per heavy atom. The zero-order valence-electron chi connectivity index (χ0n) is 13.0. The number of furan rings is 1. The molecule has 0 unspecified atom stereocenters. The van der Waals surface area contributed by atoms with Crippen molar-refractivity contribution in [2.45, 2.75) is 13.8 Å². The Kier molecular flexibility index (Phi) is 8.70. The first kappa shape index (κ1) is 20.9. The van der Waals surface area contributed by atoms with Crippen LogP contribution >= 0.6 is 36.2 Å². The number of rotatable bonds is 5. The van der Waals surface area contributed by atoms with Gasteiger partial charge in [-0.3, -0.25) is 4.79 Å². The summed E-state index contributed by atoms with van der Waals surface area (Å²) >= 11 is 1.38. The fraction of sp³-hybridized carbons (Fsp3) is 0.429. The SMILES string of the molecule is CNCCN(C)C(=O)c1sc(-c2ccc(C)o2)nc1C.Cl.Cl. The van der Waals surface area contributed by atoms with Crippen molar-refractivity contribution in [3.05, 3.63) is 28.5 Å². The first-order valence-corrected chi connectivity index (χ1v) is 7.29. The molecule has 5 nitrogen and oxygen atoms in total. The van der Waals surface area contributed by atoms with Gasteiger partial charge >= 0.3 is 0 Å². The number of carbonyl (C=O) groups excluding carboxylic acids is 1. The molecule has 0 fully saturated rings.